The third-order valence-electron chi connectivity index (χ3n) is 5.63. The molecule has 1 aromatic heterocycles. The first kappa shape index (κ1) is 18.2. The summed E-state index contributed by atoms with van der Waals surface area (Å²) in [5, 5.41) is 4.35. The zero-order chi connectivity index (χ0) is 18.5. The van der Waals surface area contributed by atoms with E-state index in [0.717, 1.165) is 57.8 Å². The lowest BCUT2D eigenvalue weighted by atomic mass is 9.96. The maximum atomic E-state index is 12.9. The number of hydrogen-bond donors (Lipinski definition) is 0. The number of ether oxygens (including phenoxy) is 1. The number of likely N-dealkylation sites (tertiary alicyclic amines) is 1. The Morgan fingerprint density at radius 1 is 1.00 bits per heavy atom. The first-order chi connectivity index (χ1) is 13.3. The summed E-state index contributed by atoms with van der Waals surface area (Å²) in [6, 6.07) is 12.5. The van der Waals surface area contributed by atoms with E-state index in [1.54, 1.807) is 10.9 Å². The quantitative estimate of drug-likeness (QED) is 0.808. The van der Waals surface area contributed by atoms with Gasteiger partial charge < -0.3 is 9.64 Å². The highest BCUT2D eigenvalue weighted by atomic mass is 16.5. The second-order valence-electron chi connectivity index (χ2n) is 7.51. The first-order valence-electron chi connectivity index (χ1n) is 9.95. The summed E-state index contributed by atoms with van der Waals surface area (Å²) >= 11 is 0. The fraction of sp³-hybridized carbons (Fsp3) is 0.524. The van der Waals surface area contributed by atoms with Crippen LogP contribution in [0.3, 0.4) is 0 Å². The van der Waals surface area contributed by atoms with Gasteiger partial charge in [-0.25, -0.2) is 4.68 Å². The van der Waals surface area contributed by atoms with E-state index in [0.29, 0.717) is 19.1 Å². The molecule has 0 unspecified atom stereocenters. The third kappa shape index (κ3) is 4.57. The number of rotatable bonds is 5. The molecule has 4 rings (SSSR count). The van der Waals surface area contributed by atoms with Crippen molar-refractivity contribution in [2.75, 3.05) is 44.3 Å². The zero-order valence-corrected chi connectivity index (χ0v) is 15.8. The summed E-state index contributed by atoms with van der Waals surface area (Å²) in [4.78, 5) is 17.5. The molecule has 144 valence electrons. The molecule has 0 N–H and O–H groups in total. The van der Waals surface area contributed by atoms with E-state index in [1.165, 1.54) is 5.56 Å². The lowest BCUT2D eigenvalue weighted by molar-refractivity contribution is 0.122. The van der Waals surface area contributed by atoms with Gasteiger partial charge in [-0.15, -0.1) is 0 Å². The van der Waals surface area contributed by atoms with Crippen molar-refractivity contribution in [3.05, 3.63) is 58.5 Å². The van der Waals surface area contributed by atoms with E-state index in [9.17, 15) is 4.79 Å². The minimum atomic E-state index is 0.0334. The molecule has 0 amide bonds. The van der Waals surface area contributed by atoms with E-state index in [-0.39, 0.29) is 5.56 Å². The van der Waals surface area contributed by atoms with Crippen molar-refractivity contribution < 1.29 is 4.74 Å². The third-order valence-corrected chi connectivity index (χ3v) is 5.63. The van der Waals surface area contributed by atoms with Crippen LogP contribution in [-0.2, 0) is 17.8 Å². The van der Waals surface area contributed by atoms with Gasteiger partial charge in [0.1, 0.15) is 5.69 Å². The van der Waals surface area contributed by atoms with Gasteiger partial charge in [-0.3, -0.25) is 9.69 Å². The maximum absolute atomic E-state index is 12.9. The second-order valence-corrected chi connectivity index (χ2v) is 7.51. The second kappa shape index (κ2) is 8.67. The molecule has 6 nitrogen and oxygen atoms in total. The highest BCUT2D eigenvalue weighted by Crippen LogP contribution is 2.20. The molecular formula is C21H28N4O2. The largest absolute Gasteiger partial charge is 0.378 e. The zero-order valence-electron chi connectivity index (χ0n) is 15.8. The van der Waals surface area contributed by atoms with Gasteiger partial charge in [0.2, 0.25) is 0 Å². The van der Waals surface area contributed by atoms with Gasteiger partial charge >= 0.3 is 0 Å². The van der Waals surface area contributed by atoms with Crippen LogP contribution in [0.5, 0.6) is 0 Å². The molecule has 0 aliphatic carbocycles. The summed E-state index contributed by atoms with van der Waals surface area (Å²) in [6.45, 7) is 6.81. The molecule has 6 heteroatoms. The van der Waals surface area contributed by atoms with Crippen LogP contribution in [0.4, 0.5) is 5.69 Å². The summed E-state index contributed by atoms with van der Waals surface area (Å²) in [6.07, 6.45) is 3.99. The van der Waals surface area contributed by atoms with Crippen LogP contribution in [-0.4, -0.2) is 54.1 Å². The SMILES string of the molecule is O=c1c(N2CCOCC2)ccnn1CC1CCN(Cc2ccccc2)CC1. The van der Waals surface area contributed by atoms with Gasteiger partial charge in [-0.2, -0.15) is 5.10 Å². The average molecular weight is 368 g/mol. The Labute approximate surface area is 160 Å². The molecule has 2 aliphatic rings. The molecule has 1 aromatic carbocycles. The van der Waals surface area contributed by atoms with Crippen molar-refractivity contribution in [1.82, 2.24) is 14.7 Å². The lowest BCUT2D eigenvalue weighted by Gasteiger charge is -2.32. The molecule has 2 saturated heterocycles. The number of piperidine rings is 1. The average Bonchev–Trinajstić information content (AvgIpc) is 2.72. The Bertz CT molecular complexity index is 778. The number of morpholine rings is 1. The van der Waals surface area contributed by atoms with E-state index in [4.69, 9.17) is 4.74 Å². The smallest absolute Gasteiger partial charge is 0.290 e. The number of benzene rings is 1. The fourth-order valence-corrected chi connectivity index (χ4v) is 4.03. The van der Waals surface area contributed by atoms with Crippen LogP contribution in [0.25, 0.3) is 0 Å². The Morgan fingerprint density at radius 3 is 2.48 bits per heavy atom. The van der Waals surface area contributed by atoms with Gasteiger partial charge in [-0.1, -0.05) is 30.3 Å². The molecule has 0 bridgehead atoms. The highest BCUT2D eigenvalue weighted by molar-refractivity contribution is 5.43. The normalized spacial score (nSPS) is 19.3. The minimum absolute atomic E-state index is 0.0334. The van der Waals surface area contributed by atoms with Gasteiger partial charge in [0, 0.05) is 32.4 Å². The van der Waals surface area contributed by atoms with Gasteiger partial charge in [0.05, 0.1) is 13.2 Å². The first-order valence-corrected chi connectivity index (χ1v) is 9.95. The standard InChI is InChI=1S/C21H28N4O2/c26-21-20(24-12-14-27-15-13-24)6-9-22-25(21)17-19-7-10-23(11-8-19)16-18-4-2-1-3-5-18/h1-6,9,19H,7-8,10-17H2. The number of hydrogen-bond acceptors (Lipinski definition) is 5. The van der Waals surface area contributed by atoms with E-state index >= 15 is 0 Å². The molecule has 0 spiro atoms. The molecular weight excluding hydrogens is 340 g/mol. The monoisotopic (exact) mass is 368 g/mol. The predicted octanol–water partition coefficient (Wildman–Crippen LogP) is 1.99. The molecule has 0 atom stereocenters. The predicted molar refractivity (Wildman–Crippen MR) is 106 cm³/mol. The van der Waals surface area contributed by atoms with Crippen molar-refractivity contribution >= 4 is 5.69 Å². The summed E-state index contributed by atoms with van der Waals surface area (Å²) in [5.74, 6) is 0.516. The Hall–Kier alpha value is -2.18. The molecule has 27 heavy (non-hydrogen) atoms. The van der Waals surface area contributed by atoms with E-state index in [1.807, 2.05) is 6.07 Å². The van der Waals surface area contributed by atoms with Crippen molar-refractivity contribution in [1.29, 1.82) is 0 Å². The van der Waals surface area contributed by atoms with E-state index < -0.39 is 0 Å². The highest BCUT2D eigenvalue weighted by Gasteiger charge is 2.22. The fourth-order valence-electron chi connectivity index (χ4n) is 4.03. The summed E-state index contributed by atoms with van der Waals surface area (Å²) in [7, 11) is 0. The van der Waals surface area contributed by atoms with Crippen LogP contribution >= 0.6 is 0 Å². The van der Waals surface area contributed by atoms with Crippen LogP contribution in [0.2, 0.25) is 0 Å². The van der Waals surface area contributed by atoms with Crippen molar-refractivity contribution in [3.8, 4) is 0 Å². The van der Waals surface area contributed by atoms with Crippen molar-refractivity contribution in [2.45, 2.75) is 25.9 Å². The van der Waals surface area contributed by atoms with Crippen LogP contribution in [0.1, 0.15) is 18.4 Å². The Balaban J connectivity index is 1.34. The molecule has 2 aromatic rings. The maximum Gasteiger partial charge on any atom is 0.290 e. The molecule has 2 fully saturated rings. The summed E-state index contributed by atoms with van der Waals surface area (Å²) < 4.78 is 7.06. The van der Waals surface area contributed by atoms with Crippen molar-refractivity contribution in [2.24, 2.45) is 5.92 Å². The Morgan fingerprint density at radius 2 is 1.74 bits per heavy atom. The minimum Gasteiger partial charge on any atom is -0.378 e. The molecule has 0 saturated carbocycles. The van der Waals surface area contributed by atoms with Gasteiger partial charge in [0.15, 0.2) is 0 Å². The van der Waals surface area contributed by atoms with Gasteiger partial charge in [-0.05, 0) is 43.5 Å². The van der Waals surface area contributed by atoms with Crippen LogP contribution in [0, 0.1) is 5.92 Å². The van der Waals surface area contributed by atoms with Gasteiger partial charge in [0.25, 0.3) is 5.56 Å². The molecule has 3 heterocycles. The van der Waals surface area contributed by atoms with E-state index in [2.05, 4.69) is 45.2 Å². The van der Waals surface area contributed by atoms with Crippen LogP contribution in [0.15, 0.2) is 47.4 Å². The Kier molecular flexibility index (Phi) is 5.84. The number of nitrogens with zero attached hydrogens (tertiary/aromatic N) is 4. The lowest BCUT2D eigenvalue weighted by Crippen LogP contribution is -2.41. The number of aromatic nitrogens is 2. The van der Waals surface area contributed by atoms with Crippen molar-refractivity contribution in [3.63, 3.8) is 0 Å². The molecule has 0 radical (unpaired) electrons. The summed E-state index contributed by atoms with van der Waals surface area (Å²) in [5.41, 5.74) is 2.16. The number of anilines is 1. The van der Waals surface area contributed by atoms with Crippen LogP contribution < -0.4 is 10.5 Å². The topological polar surface area (TPSA) is 50.6 Å². The molecule has 2 aliphatic heterocycles.